The topological polar surface area (TPSA) is 72.8 Å². The Morgan fingerprint density at radius 3 is 2.92 bits per heavy atom. The van der Waals surface area contributed by atoms with Gasteiger partial charge in [-0.2, -0.15) is 0 Å². The highest BCUT2D eigenvalue weighted by atomic mass is 16.5. The third kappa shape index (κ3) is 4.55. The minimum absolute atomic E-state index is 0.00661. The zero-order chi connectivity index (χ0) is 17.5. The van der Waals surface area contributed by atoms with E-state index < -0.39 is 18.2 Å². The van der Waals surface area contributed by atoms with Crippen molar-refractivity contribution in [2.75, 3.05) is 7.11 Å². The molecule has 1 heterocycles. The highest BCUT2D eigenvalue weighted by Crippen LogP contribution is 2.26. The summed E-state index contributed by atoms with van der Waals surface area (Å²) in [6.07, 6.45) is 4.34. The van der Waals surface area contributed by atoms with Crippen LogP contribution in [0.2, 0.25) is 0 Å². The first-order chi connectivity index (χ1) is 11.5. The molecule has 1 N–H and O–H groups in total. The van der Waals surface area contributed by atoms with Crippen molar-refractivity contribution in [2.24, 2.45) is 0 Å². The van der Waals surface area contributed by atoms with Gasteiger partial charge < -0.3 is 14.6 Å². The van der Waals surface area contributed by atoms with Crippen molar-refractivity contribution in [2.45, 2.75) is 37.9 Å². The summed E-state index contributed by atoms with van der Waals surface area (Å²) in [6, 6.07) is 5.28. The summed E-state index contributed by atoms with van der Waals surface area (Å²) >= 11 is 0. The summed E-state index contributed by atoms with van der Waals surface area (Å²) in [5.41, 5.74) is 1.07. The molecule has 0 aliphatic carbocycles. The lowest BCUT2D eigenvalue weighted by molar-refractivity contribution is -0.116. The normalized spacial score (nSPS) is 23.2. The smallest absolute Gasteiger partial charge is 0.342 e. The number of rotatable bonds is 3. The van der Waals surface area contributed by atoms with Gasteiger partial charge in [-0.3, -0.25) is 4.79 Å². The number of ketones is 1. The molecule has 128 valence electrons. The minimum atomic E-state index is -0.864. The van der Waals surface area contributed by atoms with Crippen LogP contribution in [0, 0.1) is 0 Å². The van der Waals surface area contributed by atoms with Crippen molar-refractivity contribution >= 4 is 11.8 Å². The third-order valence-electron chi connectivity index (χ3n) is 3.85. The highest BCUT2D eigenvalue weighted by molar-refractivity contribution is 5.95. The van der Waals surface area contributed by atoms with Crippen molar-refractivity contribution in [3.8, 4) is 5.75 Å². The van der Waals surface area contributed by atoms with Crippen LogP contribution in [-0.4, -0.2) is 36.2 Å². The van der Waals surface area contributed by atoms with Crippen LogP contribution in [0.3, 0.4) is 0 Å². The number of esters is 1. The molecular weight excluding hydrogens is 308 g/mol. The first kappa shape index (κ1) is 17.9. The summed E-state index contributed by atoms with van der Waals surface area (Å²) in [7, 11) is 1.49. The minimum Gasteiger partial charge on any atom is -0.496 e. The molecule has 1 aliphatic rings. The Kier molecular flexibility index (Phi) is 6.32. The molecule has 0 unspecified atom stereocenters. The Balaban J connectivity index is 2.42. The molecule has 1 aliphatic heterocycles. The maximum atomic E-state index is 12.6. The maximum Gasteiger partial charge on any atom is 0.342 e. The van der Waals surface area contributed by atoms with E-state index in [1.54, 1.807) is 30.4 Å². The quantitative estimate of drug-likeness (QED) is 0.681. The number of methoxy groups -OCH3 is 1. The van der Waals surface area contributed by atoms with Gasteiger partial charge in [0.1, 0.15) is 17.4 Å². The van der Waals surface area contributed by atoms with E-state index >= 15 is 0 Å². The Morgan fingerprint density at radius 2 is 2.21 bits per heavy atom. The van der Waals surface area contributed by atoms with Gasteiger partial charge in [0, 0.05) is 19.3 Å². The molecule has 0 fully saturated rings. The number of ether oxygens (including phenoxy) is 2. The number of hydrogen-bond donors (Lipinski definition) is 1. The summed E-state index contributed by atoms with van der Waals surface area (Å²) in [5.74, 6) is -0.231. The summed E-state index contributed by atoms with van der Waals surface area (Å²) in [5, 5.41) is 10.0. The van der Waals surface area contributed by atoms with Crippen molar-refractivity contribution in [1.82, 2.24) is 0 Å². The molecule has 2 rings (SSSR count). The first-order valence-electron chi connectivity index (χ1n) is 7.90. The van der Waals surface area contributed by atoms with Gasteiger partial charge in [-0.15, -0.1) is 6.58 Å². The number of carbonyl (C=O) groups excluding carboxylic acids is 2. The molecule has 0 radical (unpaired) electrons. The van der Waals surface area contributed by atoms with E-state index in [1.165, 1.54) is 13.2 Å². The van der Waals surface area contributed by atoms with Gasteiger partial charge in [-0.25, -0.2) is 4.79 Å². The third-order valence-corrected chi connectivity index (χ3v) is 3.85. The van der Waals surface area contributed by atoms with Crippen LogP contribution in [0.15, 0.2) is 43.0 Å². The lowest BCUT2D eigenvalue weighted by Crippen LogP contribution is -2.26. The van der Waals surface area contributed by atoms with Crippen molar-refractivity contribution in [1.29, 1.82) is 0 Å². The Bertz CT molecular complexity index is 647. The highest BCUT2D eigenvalue weighted by Gasteiger charge is 2.24. The fourth-order valence-electron chi connectivity index (χ4n) is 2.74. The average molecular weight is 330 g/mol. The van der Waals surface area contributed by atoms with E-state index in [1.807, 2.05) is 0 Å². The predicted octanol–water partition coefficient (Wildman–Crippen LogP) is 2.62. The molecule has 0 saturated heterocycles. The standard InChI is InChI=1S/C19H22O5/c1-3-6-16-12-15(21)11-14(20)9-4-7-13-8-5-10-17(23-2)18(13)19(22)24-16/h3-5,8-10,15-16,21H,1,6-7,11-12H2,2H3/b9-4+/t15-,16+/m1/s1. The van der Waals surface area contributed by atoms with Crippen LogP contribution < -0.4 is 4.74 Å². The van der Waals surface area contributed by atoms with E-state index in [4.69, 9.17) is 9.47 Å². The van der Waals surface area contributed by atoms with Crippen molar-refractivity contribution in [3.05, 3.63) is 54.1 Å². The second-order valence-corrected chi connectivity index (χ2v) is 5.71. The zero-order valence-electron chi connectivity index (χ0n) is 13.7. The molecule has 0 amide bonds. The van der Waals surface area contributed by atoms with E-state index in [2.05, 4.69) is 6.58 Å². The predicted molar refractivity (Wildman–Crippen MR) is 90.1 cm³/mol. The van der Waals surface area contributed by atoms with Gasteiger partial charge in [0.2, 0.25) is 0 Å². The Labute approximate surface area is 141 Å². The molecule has 0 spiro atoms. The molecule has 2 atom stereocenters. The molecule has 0 aromatic heterocycles. The molecule has 0 bridgehead atoms. The summed E-state index contributed by atoms with van der Waals surface area (Å²) in [4.78, 5) is 24.5. The van der Waals surface area contributed by atoms with E-state index in [9.17, 15) is 14.7 Å². The Hall–Kier alpha value is -2.40. The molecule has 5 nitrogen and oxygen atoms in total. The summed E-state index contributed by atoms with van der Waals surface area (Å²) in [6.45, 7) is 3.65. The number of carbonyl (C=O) groups is 2. The largest absolute Gasteiger partial charge is 0.496 e. The second kappa shape index (κ2) is 8.45. The van der Waals surface area contributed by atoms with Gasteiger partial charge in [-0.1, -0.05) is 24.3 Å². The fraction of sp³-hybridized carbons (Fsp3) is 0.368. The second-order valence-electron chi connectivity index (χ2n) is 5.71. The van der Waals surface area contributed by atoms with Crippen molar-refractivity contribution in [3.63, 3.8) is 0 Å². The van der Waals surface area contributed by atoms with Crippen molar-refractivity contribution < 1.29 is 24.2 Å². The number of hydrogen-bond acceptors (Lipinski definition) is 5. The van der Waals surface area contributed by atoms with Crippen LogP contribution >= 0.6 is 0 Å². The number of allylic oxidation sites excluding steroid dienone is 2. The van der Waals surface area contributed by atoms with Crippen LogP contribution in [0.5, 0.6) is 5.75 Å². The van der Waals surface area contributed by atoms with Gasteiger partial charge in [-0.05, 0) is 24.1 Å². The zero-order valence-corrected chi connectivity index (χ0v) is 13.7. The average Bonchev–Trinajstić information content (AvgIpc) is 2.53. The Morgan fingerprint density at radius 1 is 1.42 bits per heavy atom. The van der Waals surface area contributed by atoms with Gasteiger partial charge in [0.15, 0.2) is 5.78 Å². The molecule has 0 saturated carbocycles. The van der Waals surface area contributed by atoms with Crippen LogP contribution in [-0.2, 0) is 16.0 Å². The van der Waals surface area contributed by atoms with Gasteiger partial charge in [0.05, 0.1) is 13.2 Å². The molecule has 1 aromatic rings. The molecular formula is C19H22O5. The fourth-order valence-corrected chi connectivity index (χ4v) is 2.74. The maximum absolute atomic E-state index is 12.6. The monoisotopic (exact) mass is 330 g/mol. The number of fused-ring (bicyclic) bond motifs is 1. The first-order valence-corrected chi connectivity index (χ1v) is 7.90. The van der Waals surface area contributed by atoms with Crippen LogP contribution in [0.4, 0.5) is 0 Å². The number of aliphatic hydroxyl groups excluding tert-OH is 1. The lowest BCUT2D eigenvalue weighted by Gasteiger charge is -2.21. The van der Waals surface area contributed by atoms with E-state index in [0.717, 1.165) is 5.56 Å². The number of cyclic esters (lactones) is 1. The lowest BCUT2D eigenvalue weighted by atomic mass is 10.00. The van der Waals surface area contributed by atoms with E-state index in [0.29, 0.717) is 24.2 Å². The van der Waals surface area contributed by atoms with Gasteiger partial charge in [0.25, 0.3) is 0 Å². The summed E-state index contributed by atoms with van der Waals surface area (Å²) < 4.78 is 10.8. The van der Waals surface area contributed by atoms with Crippen LogP contribution in [0.1, 0.15) is 35.2 Å². The number of aliphatic hydroxyl groups is 1. The molecule has 24 heavy (non-hydrogen) atoms. The molecule has 5 heteroatoms. The molecule has 1 aromatic carbocycles. The van der Waals surface area contributed by atoms with Crippen LogP contribution in [0.25, 0.3) is 0 Å². The number of benzene rings is 1. The van der Waals surface area contributed by atoms with E-state index in [-0.39, 0.29) is 18.6 Å². The van der Waals surface area contributed by atoms with Gasteiger partial charge >= 0.3 is 5.97 Å². The SMILES string of the molecule is C=CC[C@H]1C[C@H](O)CC(=O)/C=C/Cc2cccc(OC)c2C(=O)O1.